The number of rotatable bonds is 4. The quantitative estimate of drug-likeness (QED) is 0.843. The van der Waals surface area contributed by atoms with E-state index in [0.29, 0.717) is 28.9 Å². The Hall–Kier alpha value is -1.47. The number of aliphatic hydroxyl groups is 1. The number of ether oxygens (including phenoxy) is 1. The number of carbonyl (C=O) groups excluding carboxylic acids is 2. The fraction of sp³-hybridized carbons (Fsp3) is 0.615. The molecule has 1 saturated heterocycles. The van der Waals surface area contributed by atoms with Crippen molar-refractivity contribution in [1.29, 1.82) is 0 Å². The predicted octanol–water partition coefficient (Wildman–Crippen LogP) is 1.15. The molecule has 1 aromatic heterocycles. The van der Waals surface area contributed by atoms with Crippen LogP contribution in [-0.2, 0) is 9.53 Å². The van der Waals surface area contributed by atoms with Crippen LogP contribution in [0.15, 0.2) is 0 Å². The van der Waals surface area contributed by atoms with Crippen LogP contribution in [0.25, 0.3) is 0 Å². The van der Waals surface area contributed by atoms with Crippen molar-refractivity contribution in [3.63, 3.8) is 0 Å². The summed E-state index contributed by atoms with van der Waals surface area (Å²) in [6, 6.07) is 0. The number of esters is 1. The Bertz CT molecular complexity index is 553. The number of aromatic nitrogens is 1. The molecular weight excluding hydrogens is 280 g/mol. The van der Waals surface area contributed by atoms with E-state index in [1.54, 1.807) is 4.90 Å². The average molecular weight is 296 g/mol. The number of amides is 1. The summed E-state index contributed by atoms with van der Waals surface area (Å²) in [5.74, 6) is -0.157. The molecule has 0 spiro atoms. The molecule has 20 heavy (non-hydrogen) atoms. The molecule has 7 heteroatoms. The summed E-state index contributed by atoms with van der Waals surface area (Å²) in [6.45, 7) is 0.459. The maximum atomic E-state index is 12.0. The zero-order chi connectivity index (χ0) is 14.3. The number of thiazole rings is 1. The Balaban J connectivity index is 1.90. The second-order valence-electron chi connectivity index (χ2n) is 5.23. The van der Waals surface area contributed by atoms with E-state index in [4.69, 9.17) is 9.84 Å². The first-order chi connectivity index (χ1) is 9.63. The van der Waals surface area contributed by atoms with E-state index >= 15 is 0 Å². The Kier molecular flexibility index (Phi) is 3.47. The molecule has 1 saturated carbocycles. The van der Waals surface area contributed by atoms with Gasteiger partial charge in [0.05, 0.1) is 12.8 Å². The Morgan fingerprint density at radius 3 is 2.85 bits per heavy atom. The minimum atomic E-state index is -0.388. The van der Waals surface area contributed by atoms with Crippen LogP contribution in [0.2, 0.25) is 0 Å². The smallest absolute Gasteiger partial charge is 0.350 e. The van der Waals surface area contributed by atoms with Crippen molar-refractivity contribution in [2.45, 2.75) is 25.2 Å². The summed E-state index contributed by atoms with van der Waals surface area (Å²) in [4.78, 5) is 30.3. The number of carbonyl (C=O) groups is 2. The molecule has 0 bridgehead atoms. The molecule has 3 rings (SSSR count). The number of aliphatic hydroxyl groups excluding tert-OH is 1. The molecule has 0 aromatic carbocycles. The van der Waals surface area contributed by atoms with Gasteiger partial charge in [-0.2, -0.15) is 0 Å². The minimum Gasteiger partial charge on any atom is -0.465 e. The van der Waals surface area contributed by atoms with Crippen LogP contribution in [0.5, 0.6) is 0 Å². The van der Waals surface area contributed by atoms with Crippen molar-refractivity contribution in [1.82, 2.24) is 4.98 Å². The van der Waals surface area contributed by atoms with E-state index in [1.807, 2.05) is 0 Å². The van der Waals surface area contributed by atoms with Crippen molar-refractivity contribution in [3.8, 4) is 0 Å². The molecule has 2 heterocycles. The van der Waals surface area contributed by atoms with Crippen LogP contribution in [-0.4, -0.2) is 42.2 Å². The number of hydrogen-bond acceptors (Lipinski definition) is 6. The summed E-state index contributed by atoms with van der Waals surface area (Å²) in [5.41, 5.74) is 0.761. The second-order valence-corrected chi connectivity index (χ2v) is 6.21. The van der Waals surface area contributed by atoms with Gasteiger partial charge in [0.1, 0.15) is 4.88 Å². The van der Waals surface area contributed by atoms with Gasteiger partial charge in [-0.25, -0.2) is 9.78 Å². The van der Waals surface area contributed by atoms with Gasteiger partial charge in [-0.3, -0.25) is 9.69 Å². The van der Waals surface area contributed by atoms with Gasteiger partial charge in [-0.15, -0.1) is 0 Å². The Morgan fingerprint density at radius 1 is 1.55 bits per heavy atom. The van der Waals surface area contributed by atoms with E-state index in [9.17, 15) is 9.59 Å². The van der Waals surface area contributed by atoms with E-state index < -0.39 is 0 Å². The van der Waals surface area contributed by atoms with Crippen LogP contribution in [0, 0.1) is 5.92 Å². The lowest BCUT2D eigenvalue weighted by atomic mass is 10.1. The van der Waals surface area contributed by atoms with Gasteiger partial charge in [0, 0.05) is 31.4 Å². The SMILES string of the molecule is COC(=O)c1sc(N2CC(CO)CC2=O)nc1C1CC1. The number of methoxy groups -OCH3 is 1. The van der Waals surface area contributed by atoms with Gasteiger partial charge in [0.15, 0.2) is 5.13 Å². The molecule has 1 aromatic rings. The maximum Gasteiger partial charge on any atom is 0.350 e. The van der Waals surface area contributed by atoms with Gasteiger partial charge in [0.2, 0.25) is 5.91 Å². The first-order valence-corrected chi connectivity index (χ1v) is 7.46. The number of nitrogens with zero attached hydrogens (tertiary/aromatic N) is 2. The van der Waals surface area contributed by atoms with Gasteiger partial charge in [-0.05, 0) is 12.8 Å². The molecule has 6 nitrogen and oxygen atoms in total. The molecule has 1 amide bonds. The molecule has 2 fully saturated rings. The van der Waals surface area contributed by atoms with E-state index in [-0.39, 0.29) is 24.4 Å². The molecular formula is C13H16N2O4S. The van der Waals surface area contributed by atoms with Crippen molar-refractivity contribution < 1.29 is 19.4 Å². The first kappa shape index (κ1) is 13.5. The second kappa shape index (κ2) is 5.14. The molecule has 1 atom stereocenters. The van der Waals surface area contributed by atoms with Crippen molar-refractivity contribution >= 4 is 28.3 Å². The molecule has 2 aliphatic rings. The van der Waals surface area contributed by atoms with E-state index in [1.165, 1.54) is 18.4 Å². The third-order valence-electron chi connectivity index (χ3n) is 3.67. The monoisotopic (exact) mass is 296 g/mol. The van der Waals surface area contributed by atoms with Crippen LogP contribution in [0.3, 0.4) is 0 Å². The Labute approximate surface area is 120 Å². The summed E-state index contributed by atoms with van der Waals surface area (Å²) in [7, 11) is 1.35. The van der Waals surface area contributed by atoms with E-state index in [2.05, 4.69) is 4.98 Å². The highest BCUT2D eigenvalue weighted by molar-refractivity contribution is 7.17. The van der Waals surface area contributed by atoms with Gasteiger partial charge in [0.25, 0.3) is 0 Å². The fourth-order valence-electron chi connectivity index (χ4n) is 2.40. The maximum absolute atomic E-state index is 12.0. The first-order valence-electron chi connectivity index (χ1n) is 6.64. The van der Waals surface area contributed by atoms with Crippen LogP contribution in [0.4, 0.5) is 5.13 Å². The highest BCUT2D eigenvalue weighted by Crippen LogP contribution is 2.44. The largest absolute Gasteiger partial charge is 0.465 e. The fourth-order valence-corrected chi connectivity index (χ4v) is 3.49. The van der Waals surface area contributed by atoms with Crippen LogP contribution < -0.4 is 4.90 Å². The molecule has 108 valence electrons. The zero-order valence-corrected chi connectivity index (χ0v) is 12.0. The van der Waals surface area contributed by atoms with E-state index in [0.717, 1.165) is 18.5 Å². The number of anilines is 1. The van der Waals surface area contributed by atoms with Crippen molar-refractivity contribution in [2.75, 3.05) is 25.2 Å². The van der Waals surface area contributed by atoms with Crippen molar-refractivity contribution in [2.24, 2.45) is 5.92 Å². The molecule has 1 aliphatic heterocycles. The molecule has 0 radical (unpaired) electrons. The predicted molar refractivity (Wildman–Crippen MR) is 73.0 cm³/mol. The van der Waals surface area contributed by atoms with Gasteiger partial charge in [-0.1, -0.05) is 11.3 Å². The lowest BCUT2D eigenvalue weighted by Crippen LogP contribution is -2.24. The molecule has 1 aliphatic carbocycles. The van der Waals surface area contributed by atoms with Gasteiger partial charge >= 0.3 is 5.97 Å². The highest BCUT2D eigenvalue weighted by atomic mass is 32.1. The van der Waals surface area contributed by atoms with Crippen molar-refractivity contribution in [3.05, 3.63) is 10.6 Å². The van der Waals surface area contributed by atoms with Crippen LogP contribution in [0.1, 0.15) is 40.5 Å². The van der Waals surface area contributed by atoms with Crippen LogP contribution >= 0.6 is 11.3 Å². The lowest BCUT2D eigenvalue weighted by Gasteiger charge is -2.11. The standard InChI is InChI=1S/C13H16N2O4S/c1-19-12(18)11-10(8-2-3-8)14-13(20-11)15-5-7(6-16)4-9(15)17/h7-8,16H,2-6H2,1H3. The van der Waals surface area contributed by atoms with Gasteiger partial charge < -0.3 is 9.84 Å². The topological polar surface area (TPSA) is 79.7 Å². The normalized spacial score (nSPS) is 22.4. The zero-order valence-electron chi connectivity index (χ0n) is 11.2. The number of hydrogen-bond donors (Lipinski definition) is 1. The molecule has 1 unspecified atom stereocenters. The summed E-state index contributed by atoms with van der Waals surface area (Å²) in [5, 5.41) is 9.71. The Morgan fingerprint density at radius 2 is 2.30 bits per heavy atom. The third kappa shape index (κ3) is 2.31. The average Bonchev–Trinajstić information content (AvgIpc) is 3.09. The third-order valence-corrected chi connectivity index (χ3v) is 4.75. The summed E-state index contributed by atoms with van der Waals surface area (Å²) >= 11 is 1.21. The summed E-state index contributed by atoms with van der Waals surface area (Å²) in [6.07, 6.45) is 2.39. The highest BCUT2D eigenvalue weighted by Gasteiger charge is 2.37. The lowest BCUT2D eigenvalue weighted by molar-refractivity contribution is -0.117. The summed E-state index contributed by atoms with van der Waals surface area (Å²) < 4.78 is 4.79. The molecule has 1 N–H and O–H groups in total. The minimum absolute atomic E-state index is 0.00699.